The molecule has 1 amide bonds. The van der Waals surface area contributed by atoms with Crippen molar-refractivity contribution in [2.24, 2.45) is 11.5 Å². The SMILES string of the molecule is CN(CCCN)c1ccc(C(N)=O)c(C(F)(F)F)c1. The maximum atomic E-state index is 12.9. The monoisotopic (exact) mass is 275 g/mol. The van der Waals surface area contributed by atoms with Gasteiger partial charge in [0.05, 0.1) is 11.1 Å². The fourth-order valence-electron chi connectivity index (χ4n) is 1.68. The lowest BCUT2D eigenvalue weighted by atomic mass is 10.0. The third-order valence-corrected chi connectivity index (χ3v) is 2.71. The summed E-state index contributed by atoms with van der Waals surface area (Å²) < 4.78 is 38.6. The van der Waals surface area contributed by atoms with Crippen LogP contribution in [0.1, 0.15) is 22.3 Å². The molecule has 1 aromatic rings. The highest BCUT2D eigenvalue weighted by atomic mass is 19.4. The molecule has 19 heavy (non-hydrogen) atoms. The van der Waals surface area contributed by atoms with Crippen LogP contribution in [-0.4, -0.2) is 26.0 Å². The molecule has 0 radical (unpaired) electrons. The summed E-state index contributed by atoms with van der Waals surface area (Å²) in [4.78, 5) is 12.7. The summed E-state index contributed by atoms with van der Waals surface area (Å²) in [6.07, 6.45) is -3.95. The number of alkyl halides is 3. The van der Waals surface area contributed by atoms with Crippen LogP contribution in [-0.2, 0) is 6.18 Å². The smallest absolute Gasteiger partial charge is 0.375 e. The molecule has 0 aliphatic rings. The number of carbonyl (C=O) groups is 1. The summed E-state index contributed by atoms with van der Waals surface area (Å²) >= 11 is 0. The molecule has 0 aliphatic carbocycles. The Balaban J connectivity index is 3.15. The normalized spacial score (nSPS) is 11.4. The molecule has 4 nitrogen and oxygen atoms in total. The molecule has 0 atom stereocenters. The molecule has 4 N–H and O–H groups in total. The number of hydrogen-bond acceptors (Lipinski definition) is 3. The topological polar surface area (TPSA) is 72.3 Å². The van der Waals surface area contributed by atoms with Crippen molar-refractivity contribution >= 4 is 11.6 Å². The number of carbonyl (C=O) groups excluding carboxylic acids is 1. The van der Waals surface area contributed by atoms with Gasteiger partial charge in [0, 0.05) is 19.3 Å². The van der Waals surface area contributed by atoms with Crippen LogP contribution < -0.4 is 16.4 Å². The summed E-state index contributed by atoms with van der Waals surface area (Å²) in [5.74, 6) is -1.09. The van der Waals surface area contributed by atoms with Gasteiger partial charge in [-0.05, 0) is 31.2 Å². The van der Waals surface area contributed by atoms with Crippen LogP contribution in [0.4, 0.5) is 18.9 Å². The van der Waals surface area contributed by atoms with E-state index in [1.54, 1.807) is 11.9 Å². The van der Waals surface area contributed by atoms with Gasteiger partial charge in [-0.15, -0.1) is 0 Å². The Kier molecular flexibility index (Phi) is 4.77. The second-order valence-corrected chi connectivity index (χ2v) is 4.16. The van der Waals surface area contributed by atoms with E-state index in [0.717, 1.165) is 12.1 Å². The van der Waals surface area contributed by atoms with Crippen molar-refractivity contribution in [3.05, 3.63) is 29.3 Å². The van der Waals surface area contributed by atoms with Gasteiger partial charge in [-0.2, -0.15) is 13.2 Å². The van der Waals surface area contributed by atoms with Crippen LogP contribution in [0.15, 0.2) is 18.2 Å². The molecular formula is C12H16F3N3O. The van der Waals surface area contributed by atoms with E-state index in [9.17, 15) is 18.0 Å². The number of benzene rings is 1. The second kappa shape index (κ2) is 5.92. The highest BCUT2D eigenvalue weighted by Crippen LogP contribution is 2.34. The lowest BCUT2D eigenvalue weighted by Gasteiger charge is -2.21. The molecular weight excluding hydrogens is 259 g/mol. The van der Waals surface area contributed by atoms with Crippen molar-refractivity contribution in [3.8, 4) is 0 Å². The summed E-state index contributed by atoms with van der Waals surface area (Å²) in [5.41, 5.74) is 9.12. The zero-order chi connectivity index (χ0) is 14.6. The molecule has 0 bridgehead atoms. The number of anilines is 1. The van der Waals surface area contributed by atoms with Crippen LogP contribution in [0.5, 0.6) is 0 Å². The van der Waals surface area contributed by atoms with Crippen molar-refractivity contribution < 1.29 is 18.0 Å². The molecule has 0 aliphatic heterocycles. The van der Waals surface area contributed by atoms with Crippen molar-refractivity contribution in [3.63, 3.8) is 0 Å². The van der Waals surface area contributed by atoms with Gasteiger partial charge in [-0.3, -0.25) is 4.79 Å². The van der Waals surface area contributed by atoms with E-state index in [1.165, 1.54) is 6.07 Å². The first-order valence-electron chi connectivity index (χ1n) is 5.69. The lowest BCUT2D eigenvalue weighted by molar-refractivity contribution is -0.137. The average Bonchev–Trinajstić information content (AvgIpc) is 2.34. The first-order chi connectivity index (χ1) is 8.77. The number of amides is 1. The van der Waals surface area contributed by atoms with Crippen molar-refractivity contribution in [1.82, 2.24) is 0 Å². The molecule has 1 rings (SSSR count). The van der Waals surface area contributed by atoms with Gasteiger partial charge >= 0.3 is 6.18 Å². The Hall–Kier alpha value is -1.76. The lowest BCUT2D eigenvalue weighted by Crippen LogP contribution is -2.23. The zero-order valence-electron chi connectivity index (χ0n) is 10.5. The van der Waals surface area contributed by atoms with Crippen LogP contribution in [0.3, 0.4) is 0 Å². The molecule has 0 saturated heterocycles. The third kappa shape index (κ3) is 3.85. The quantitative estimate of drug-likeness (QED) is 0.857. The number of hydrogen-bond donors (Lipinski definition) is 2. The van der Waals surface area contributed by atoms with Crippen molar-refractivity contribution in [2.75, 3.05) is 25.0 Å². The Labute approximate surface area is 109 Å². The van der Waals surface area contributed by atoms with Crippen LogP contribution >= 0.6 is 0 Å². The molecule has 0 aromatic heterocycles. The van der Waals surface area contributed by atoms with Gasteiger partial charge in [0.15, 0.2) is 0 Å². The van der Waals surface area contributed by atoms with Gasteiger partial charge in [-0.25, -0.2) is 0 Å². The Bertz CT molecular complexity index is 460. The summed E-state index contributed by atoms with van der Waals surface area (Å²) in [6, 6.07) is 3.46. The highest BCUT2D eigenvalue weighted by molar-refractivity contribution is 5.95. The van der Waals surface area contributed by atoms with Crippen LogP contribution in [0.2, 0.25) is 0 Å². The van der Waals surface area contributed by atoms with E-state index in [2.05, 4.69) is 0 Å². The minimum absolute atomic E-state index is 0.366. The standard InChI is InChI=1S/C12H16F3N3O/c1-18(6-2-5-16)8-3-4-9(11(17)19)10(7-8)12(13,14)15/h3-4,7H,2,5-6,16H2,1H3,(H2,17,19). The van der Waals surface area contributed by atoms with E-state index >= 15 is 0 Å². The van der Waals surface area contributed by atoms with E-state index in [1.807, 2.05) is 0 Å². The number of primary amides is 1. The molecule has 0 unspecified atom stereocenters. The Morgan fingerprint density at radius 1 is 1.37 bits per heavy atom. The summed E-state index contributed by atoms with van der Waals surface area (Å²) in [6.45, 7) is 0.986. The fourth-order valence-corrected chi connectivity index (χ4v) is 1.68. The van der Waals surface area contributed by atoms with Crippen molar-refractivity contribution in [1.29, 1.82) is 0 Å². The predicted octanol–water partition coefficient (Wildman–Crippen LogP) is 1.59. The maximum absolute atomic E-state index is 12.9. The number of nitrogens with two attached hydrogens (primary N) is 2. The van der Waals surface area contributed by atoms with Gasteiger partial charge < -0.3 is 16.4 Å². The molecule has 106 valence electrons. The number of nitrogens with zero attached hydrogens (tertiary/aromatic N) is 1. The first-order valence-corrected chi connectivity index (χ1v) is 5.69. The highest BCUT2D eigenvalue weighted by Gasteiger charge is 2.35. The molecule has 1 aromatic carbocycles. The van der Waals surface area contributed by atoms with Crippen molar-refractivity contribution in [2.45, 2.75) is 12.6 Å². The van der Waals surface area contributed by atoms with Crippen LogP contribution in [0.25, 0.3) is 0 Å². The molecule has 0 fully saturated rings. The van der Waals surface area contributed by atoms with E-state index in [0.29, 0.717) is 25.2 Å². The predicted molar refractivity (Wildman–Crippen MR) is 66.9 cm³/mol. The van der Waals surface area contributed by atoms with Gasteiger partial charge in [0.1, 0.15) is 0 Å². The minimum Gasteiger partial charge on any atom is -0.375 e. The molecule has 0 saturated carbocycles. The Morgan fingerprint density at radius 3 is 2.47 bits per heavy atom. The Morgan fingerprint density at radius 2 is 2.00 bits per heavy atom. The van der Waals surface area contributed by atoms with Crippen LogP contribution in [0, 0.1) is 0 Å². The molecule has 0 spiro atoms. The molecule has 7 heteroatoms. The summed E-state index contributed by atoms with van der Waals surface area (Å²) in [5, 5.41) is 0. The zero-order valence-corrected chi connectivity index (χ0v) is 10.5. The maximum Gasteiger partial charge on any atom is 0.417 e. The largest absolute Gasteiger partial charge is 0.417 e. The van der Waals surface area contributed by atoms with Gasteiger partial charge in [0.25, 0.3) is 0 Å². The fraction of sp³-hybridized carbons (Fsp3) is 0.417. The van der Waals surface area contributed by atoms with E-state index in [-0.39, 0.29) is 0 Å². The van der Waals surface area contributed by atoms with Gasteiger partial charge in [-0.1, -0.05) is 0 Å². The van der Waals surface area contributed by atoms with E-state index < -0.39 is 23.2 Å². The second-order valence-electron chi connectivity index (χ2n) is 4.16. The minimum atomic E-state index is -4.62. The average molecular weight is 275 g/mol. The molecule has 0 heterocycles. The first kappa shape index (κ1) is 15.3. The van der Waals surface area contributed by atoms with E-state index in [4.69, 9.17) is 11.5 Å². The number of rotatable bonds is 5. The summed E-state index contributed by atoms with van der Waals surface area (Å²) in [7, 11) is 1.66. The number of halogens is 3. The van der Waals surface area contributed by atoms with Gasteiger partial charge in [0.2, 0.25) is 5.91 Å². The third-order valence-electron chi connectivity index (χ3n) is 2.71.